The van der Waals surface area contributed by atoms with E-state index in [9.17, 15) is 4.79 Å². The molecular formula is C12H13NO. The number of aromatic nitrogens is 1. The lowest BCUT2D eigenvalue weighted by atomic mass is 9.97. The molecule has 0 amide bonds. The molecule has 0 aromatic carbocycles. The molecule has 1 aliphatic carbocycles. The van der Waals surface area contributed by atoms with Crippen LogP contribution in [0, 0.1) is 0 Å². The number of rotatable bonds is 2. The van der Waals surface area contributed by atoms with Crippen molar-refractivity contribution in [1.29, 1.82) is 0 Å². The van der Waals surface area contributed by atoms with E-state index in [0.29, 0.717) is 5.57 Å². The van der Waals surface area contributed by atoms with Crippen LogP contribution in [0.3, 0.4) is 0 Å². The second-order valence-electron chi connectivity index (χ2n) is 3.78. The third kappa shape index (κ3) is 1.37. The van der Waals surface area contributed by atoms with Gasteiger partial charge in [0.15, 0.2) is 5.78 Å². The molecule has 1 aromatic heterocycles. The van der Waals surface area contributed by atoms with Gasteiger partial charge in [0.05, 0.1) is 11.6 Å². The molecule has 0 saturated heterocycles. The fourth-order valence-corrected chi connectivity index (χ4v) is 1.97. The molecule has 2 nitrogen and oxygen atoms in total. The molecular weight excluding hydrogens is 174 g/mol. The van der Waals surface area contributed by atoms with Crippen LogP contribution in [0.1, 0.15) is 30.5 Å². The first-order chi connectivity index (χ1) is 6.70. The first kappa shape index (κ1) is 9.13. The molecule has 2 heteroatoms. The van der Waals surface area contributed by atoms with Crippen LogP contribution < -0.4 is 0 Å². The highest BCUT2D eigenvalue weighted by Crippen LogP contribution is 2.32. The molecule has 0 aliphatic heterocycles. The summed E-state index contributed by atoms with van der Waals surface area (Å²) in [5, 5.41) is 0. The van der Waals surface area contributed by atoms with E-state index >= 15 is 0 Å². The zero-order valence-corrected chi connectivity index (χ0v) is 8.29. The highest BCUT2D eigenvalue weighted by atomic mass is 16.1. The van der Waals surface area contributed by atoms with E-state index in [0.717, 1.165) is 18.5 Å². The molecule has 0 saturated carbocycles. The van der Waals surface area contributed by atoms with Crippen LogP contribution in [0.4, 0.5) is 0 Å². The van der Waals surface area contributed by atoms with Crippen molar-refractivity contribution in [2.45, 2.75) is 25.7 Å². The van der Waals surface area contributed by atoms with Gasteiger partial charge in [-0.05, 0) is 37.0 Å². The number of Topliss-reactive ketones (excluding diaryl/α,β-unsaturated/α-hetero) is 1. The molecule has 1 aliphatic rings. The van der Waals surface area contributed by atoms with E-state index in [1.165, 1.54) is 5.56 Å². The maximum atomic E-state index is 11.8. The van der Waals surface area contributed by atoms with Crippen LogP contribution in [-0.2, 0) is 11.2 Å². The molecule has 2 rings (SSSR count). The minimum absolute atomic E-state index is 0.0382. The fourth-order valence-electron chi connectivity index (χ4n) is 1.97. The largest absolute Gasteiger partial charge is 0.294 e. The number of allylic oxidation sites excluding steroid dienone is 1. The van der Waals surface area contributed by atoms with Gasteiger partial charge in [-0.25, -0.2) is 0 Å². The number of nitrogens with zero attached hydrogens (tertiary/aromatic N) is 1. The molecule has 1 aromatic rings. The second kappa shape index (κ2) is 3.37. The molecule has 0 spiro atoms. The van der Waals surface area contributed by atoms with Gasteiger partial charge in [-0.1, -0.05) is 12.6 Å². The Morgan fingerprint density at radius 3 is 3.14 bits per heavy atom. The highest BCUT2D eigenvalue weighted by Gasteiger charge is 2.29. The SMILES string of the molecule is C=C(C)C(=O)C1CCc2cccnc21. The number of ketones is 1. The lowest BCUT2D eigenvalue weighted by Crippen LogP contribution is -2.11. The normalized spacial score (nSPS) is 19.1. The van der Waals surface area contributed by atoms with E-state index in [4.69, 9.17) is 0 Å². The van der Waals surface area contributed by atoms with Crippen LogP contribution >= 0.6 is 0 Å². The molecule has 14 heavy (non-hydrogen) atoms. The fraction of sp³-hybridized carbons (Fsp3) is 0.333. The quantitative estimate of drug-likeness (QED) is 0.665. The standard InChI is InChI=1S/C12H13NO/c1-8(2)12(14)10-6-5-9-4-3-7-13-11(9)10/h3-4,7,10H,1,5-6H2,2H3. The first-order valence-corrected chi connectivity index (χ1v) is 4.83. The third-order valence-corrected chi connectivity index (χ3v) is 2.70. The van der Waals surface area contributed by atoms with Crippen molar-refractivity contribution in [3.05, 3.63) is 41.7 Å². The molecule has 0 fully saturated rings. The van der Waals surface area contributed by atoms with Crippen molar-refractivity contribution in [2.75, 3.05) is 0 Å². The Labute approximate surface area is 83.7 Å². The van der Waals surface area contributed by atoms with Crippen LogP contribution in [0.2, 0.25) is 0 Å². The average molecular weight is 187 g/mol. The summed E-state index contributed by atoms with van der Waals surface area (Å²) < 4.78 is 0. The predicted molar refractivity (Wildman–Crippen MR) is 55.1 cm³/mol. The third-order valence-electron chi connectivity index (χ3n) is 2.70. The summed E-state index contributed by atoms with van der Waals surface area (Å²) in [6.45, 7) is 5.46. The molecule has 72 valence electrons. The number of hydrogen-bond acceptors (Lipinski definition) is 2. The van der Waals surface area contributed by atoms with Gasteiger partial charge in [-0.2, -0.15) is 0 Å². The van der Waals surface area contributed by atoms with Gasteiger partial charge in [0.1, 0.15) is 0 Å². The van der Waals surface area contributed by atoms with Gasteiger partial charge < -0.3 is 0 Å². The van der Waals surface area contributed by atoms with Gasteiger partial charge in [0, 0.05) is 6.20 Å². The minimum Gasteiger partial charge on any atom is -0.294 e. The molecule has 1 atom stereocenters. The summed E-state index contributed by atoms with van der Waals surface area (Å²) in [5.74, 6) is 0.103. The summed E-state index contributed by atoms with van der Waals surface area (Å²) in [6.07, 6.45) is 3.60. The molecule has 0 bridgehead atoms. The van der Waals surface area contributed by atoms with Crippen molar-refractivity contribution in [2.24, 2.45) is 0 Å². The van der Waals surface area contributed by atoms with Crippen molar-refractivity contribution in [3.8, 4) is 0 Å². The summed E-state index contributed by atoms with van der Waals surface area (Å²) in [6, 6.07) is 3.97. The number of carbonyl (C=O) groups excluding carboxylic acids is 1. The summed E-state index contributed by atoms with van der Waals surface area (Å²) in [7, 11) is 0. The zero-order valence-electron chi connectivity index (χ0n) is 8.29. The summed E-state index contributed by atoms with van der Waals surface area (Å²) in [5.41, 5.74) is 2.81. The van der Waals surface area contributed by atoms with Gasteiger partial charge >= 0.3 is 0 Å². The van der Waals surface area contributed by atoms with Crippen LogP contribution in [0.25, 0.3) is 0 Å². The average Bonchev–Trinajstić information content (AvgIpc) is 2.60. The van der Waals surface area contributed by atoms with E-state index in [2.05, 4.69) is 11.6 Å². The van der Waals surface area contributed by atoms with E-state index in [1.807, 2.05) is 12.1 Å². The maximum absolute atomic E-state index is 11.8. The number of pyridine rings is 1. The van der Waals surface area contributed by atoms with Crippen LogP contribution in [-0.4, -0.2) is 10.8 Å². The monoisotopic (exact) mass is 187 g/mol. The number of aryl methyl sites for hydroxylation is 1. The van der Waals surface area contributed by atoms with Crippen LogP contribution in [0.5, 0.6) is 0 Å². The highest BCUT2D eigenvalue weighted by molar-refractivity contribution is 5.99. The molecule has 0 radical (unpaired) electrons. The smallest absolute Gasteiger partial charge is 0.167 e. The number of fused-ring (bicyclic) bond motifs is 1. The van der Waals surface area contributed by atoms with Crippen LogP contribution in [0.15, 0.2) is 30.5 Å². The topological polar surface area (TPSA) is 30.0 Å². The van der Waals surface area contributed by atoms with E-state index in [-0.39, 0.29) is 11.7 Å². The zero-order chi connectivity index (χ0) is 10.1. The Morgan fingerprint density at radius 2 is 2.43 bits per heavy atom. The molecule has 1 unspecified atom stereocenters. The van der Waals surface area contributed by atoms with Gasteiger partial charge in [-0.15, -0.1) is 0 Å². The molecule has 0 N–H and O–H groups in total. The van der Waals surface area contributed by atoms with E-state index < -0.39 is 0 Å². The Balaban J connectivity index is 2.35. The number of hydrogen-bond donors (Lipinski definition) is 0. The lowest BCUT2D eigenvalue weighted by Gasteiger charge is -2.08. The van der Waals surface area contributed by atoms with Crippen molar-refractivity contribution in [3.63, 3.8) is 0 Å². The van der Waals surface area contributed by atoms with Gasteiger partial charge in [0.25, 0.3) is 0 Å². The van der Waals surface area contributed by atoms with Gasteiger partial charge in [-0.3, -0.25) is 9.78 Å². The van der Waals surface area contributed by atoms with Crippen molar-refractivity contribution in [1.82, 2.24) is 4.98 Å². The van der Waals surface area contributed by atoms with Crippen molar-refractivity contribution >= 4 is 5.78 Å². The predicted octanol–water partition coefficient (Wildman–Crippen LogP) is 2.26. The van der Waals surface area contributed by atoms with Crippen molar-refractivity contribution < 1.29 is 4.79 Å². The van der Waals surface area contributed by atoms with E-state index in [1.54, 1.807) is 13.1 Å². The molecule has 1 heterocycles. The Bertz CT molecular complexity index is 395. The summed E-state index contributed by atoms with van der Waals surface area (Å²) in [4.78, 5) is 16.1. The second-order valence-corrected chi connectivity index (χ2v) is 3.78. The Hall–Kier alpha value is -1.44. The Kier molecular flexibility index (Phi) is 2.20. The minimum atomic E-state index is -0.0382. The lowest BCUT2D eigenvalue weighted by molar-refractivity contribution is -0.116. The summed E-state index contributed by atoms with van der Waals surface area (Å²) >= 11 is 0. The number of carbonyl (C=O) groups is 1. The van der Waals surface area contributed by atoms with Gasteiger partial charge in [0.2, 0.25) is 0 Å². The first-order valence-electron chi connectivity index (χ1n) is 4.83. The maximum Gasteiger partial charge on any atom is 0.167 e. The Morgan fingerprint density at radius 1 is 1.64 bits per heavy atom.